The van der Waals surface area contributed by atoms with E-state index >= 15 is 0 Å². The molecule has 1 aromatic carbocycles. The van der Waals surface area contributed by atoms with Crippen molar-refractivity contribution in [2.75, 3.05) is 45.7 Å². The standard InChI is InChI=1S/C24H29FN6/c1-29(2)14-15-30(3)24-20-17-31(16-18-7-9-19(25)10-8-18)13-11-21(20)27-23(28-24)22-6-4-5-12-26-22/h4-10,12H,11,13-17H2,1-3H3. The van der Waals surface area contributed by atoms with Crippen molar-refractivity contribution in [3.8, 4) is 11.5 Å². The van der Waals surface area contributed by atoms with E-state index in [0.717, 1.165) is 61.9 Å². The number of halogens is 1. The molecule has 0 unspecified atom stereocenters. The quantitative estimate of drug-likeness (QED) is 0.585. The highest BCUT2D eigenvalue weighted by Crippen LogP contribution is 2.29. The number of aromatic nitrogens is 3. The Balaban J connectivity index is 1.64. The second-order valence-corrected chi connectivity index (χ2v) is 8.32. The summed E-state index contributed by atoms with van der Waals surface area (Å²) >= 11 is 0. The summed E-state index contributed by atoms with van der Waals surface area (Å²) in [5.41, 5.74) is 4.17. The maximum atomic E-state index is 13.3. The molecule has 0 saturated heterocycles. The Morgan fingerprint density at radius 2 is 1.81 bits per heavy atom. The van der Waals surface area contributed by atoms with E-state index in [1.54, 1.807) is 6.20 Å². The summed E-state index contributed by atoms with van der Waals surface area (Å²) in [4.78, 5) is 21.1. The molecule has 4 rings (SSSR count). The van der Waals surface area contributed by atoms with Crippen molar-refractivity contribution in [1.29, 1.82) is 0 Å². The van der Waals surface area contributed by atoms with Crippen LogP contribution in [0.5, 0.6) is 0 Å². The van der Waals surface area contributed by atoms with Crippen molar-refractivity contribution in [2.45, 2.75) is 19.5 Å². The molecule has 0 saturated carbocycles. The zero-order chi connectivity index (χ0) is 21.8. The van der Waals surface area contributed by atoms with E-state index < -0.39 is 0 Å². The third-order valence-electron chi connectivity index (χ3n) is 5.58. The summed E-state index contributed by atoms with van der Waals surface area (Å²) in [7, 11) is 6.24. The van der Waals surface area contributed by atoms with Crippen molar-refractivity contribution in [1.82, 2.24) is 24.8 Å². The lowest BCUT2D eigenvalue weighted by atomic mass is 10.0. The number of nitrogens with zero attached hydrogens (tertiary/aromatic N) is 6. The van der Waals surface area contributed by atoms with Crippen molar-refractivity contribution in [3.05, 3.63) is 71.3 Å². The predicted octanol–water partition coefficient (Wildman–Crippen LogP) is 3.23. The van der Waals surface area contributed by atoms with Gasteiger partial charge >= 0.3 is 0 Å². The van der Waals surface area contributed by atoms with E-state index in [1.807, 2.05) is 30.3 Å². The van der Waals surface area contributed by atoms with Gasteiger partial charge in [0.15, 0.2) is 5.82 Å². The Morgan fingerprint density at radius 3 is 2.52 bits per heavy atom. The zero-order valence-corrected chi connectivity index (χ0v) is 18.4. The van der Waals surface area contributed by atoms with Crippen LogP contribution >= 0.6 is 0 Å². The third kappa shape index (κ3) is 5.24. The van der Waals surface area contributed by atoms with Gasteiger partial charge in [0, 0.05) is 58.0 Å². The van der Waals surface area contributed by atoms with E-state index in [-0.39, 0.29) is 5.82 Å². The lowest BCUT2D eigenvalue weighted by Gasteiger charge is -2.32. The lowest BCUT2D eigenvalue weighted by Crippen LogP contribution is -2.35. The van der Waals surface area contributed by atoms with Crippen LogP contribution in [-0.2, 0) is 19.5 Å². The molecule has 0 N–H and O–H groups in total. The molecule has 162 valence electrons. The van der Waals surface area contributed by atoms with Gasteiger partial charge in [-0.1, -0.05) is 18.2 Å². The second kappa shape index (κ2) is 9.49. The predicted molar refractivity (Wildman–Crippen MR) is 121 cm³/mol. The highest BCUT2D eigenvalue weighted by Gasteiger charge is 2.25. The highest BCUT2D eigenvalue weighted by molar-refractivity contribution is 5.58. The molecule has 1 aliphatic heterocycles. The number of rotatable bonds is 7. The van der Waals surface area contributed by atoms with Crippen LogP contribution in [0.1, 0.15) is 16.8 Å². The van der Waals surface area contributed by atoms with Crippen LogP contribution in [0, 0.1) is 5.82 Å². The first kappa shape index (κ1) is 21.3. The van der Waals surface area contributed by atoms with Crippen LogP contribution in [-0.4, -0.2) is 65.5 Å². The summed E-state index contributed by atoms with van der Waals surface area (Å²) in [5, 5.41) is 0. The monoisotopic (exact) mass is 420 g/mol. The maximum Gasteiger partial charge on any atom is 0.180 e. The van der Waals surface area contributed by atoms with Gasteiger partial charge in [0.1, 0.15) is 17.3 Å². The third-order valence-corrected chi connectivity index (χ3v) is 5.58. The lowest BCUT2D eigenvalue weighted by molar-refractivity contribution is 0.243. The summed E-state index contributed by atoms with van der Waals surface area (Å²) in [6.07, 6.45) is 2.63. The first-order valence-electron chi connectivity index (χ1n) is 10.6. The molecule has 3 heterocycles. The number of likely N-dealkylation sites (N-methyl/N-ethyl adjacent to an activating group) is 2. The summed E-state index contributed by atoms with van der Waals surface area (Å²) < 4.78 is 13.3. The molecule has 0 aliphatic carbocycles. The normalized spacial score (nSPS) is 14.0. The van der Waals surface area contributed by atoms with Crippen LogP contribution < -0.4 is 4.90 Å². The molecule has 31 heavy (non-hydrogen) atoms. The molecule has 0 fully saturated rings. The average Bonchev–Trinajstić information content (AvgIpc) is 2.79. The van der Waals surface area contributed by atoms with Crippen LogP contribution in [0.15, 0.2) is 48.7 Å². The molecule has 0 bridgehead atoms. The molecule has 0 spiro atoms. The zero-order valence-electron chi connectivity index (χ0n) is 18.4. The fourth-order valence-corrected chi connectivity index (χ4v) is 3.82. The Bertz CT molecular complexity index is 1010. The second-order valence-electron chi connectivity index (χ2n) is 8.32. The number of fused-ring (bicyclic) bond motifs is 1. The number of pyridine rings is 1. The molecule has 0 radical (unpaired) electrons. The van der Waals surface area contributed by atoms with E-state index in [2.05, 4.69) is 40.8 Å². The van der Waals surface area contributed by atoms with Crippen molar-refractivity contribution >= 4 is 5.82 Å². The average molecular weight is 421 g/mol. The van der Waals surface area contributed by atoms with Crippen molar-refractivity contribution in [2.24, 2.45) is 0 Å². The first-order chi connectivity index (χ1) is 15.0. The molecule has 6 nitrogen and oxygen atoms in total. The fourth-order valence-electron chi connectivity index (χ4n) is 3.82. The first-order valence-corrected chi connectivity index (χ1v) is 10.6. The molecular formula is C24H29FN6. The highest BCUT2D eigenvalue weighted by atomic mass is 19.1. The number of anilines is 1. The number of benzene rings is 1. The molecule has 7 heteroatoms. The van der Waals surface area contributed by atoms with Gasteiger partial charge in [-0.25, -0.2) is 14.4 Å². The van der Waals surface area contributed by atoms with Crippen LogP contribution in [0.3, 0.4) is 0 Å². The topological polar surface area (TPSA) is 48.4 Å². The van der Waals surface area contributed by atoms with Gasteiger partial charge in [-0.15, -0.1) is 0 Å². The van der Waals surface area contributed by atoms with Crippen LogP contribution in [0.2, 0.25) is 0 Å². The van der Waals surface area contributed by atoms with Gasteiger partial charge in [0.05, 0.1) is 5.69 Å². The number of hydrogen-bond donors (Lipinski definition) is 0. The summed E-state index contributed by atoms with van der Waals surface area (Å²) in [6.45, 7) is 4.27. The van der Waals surface area contributed by atoms with Gasteiger partial charge in [-0.2, -0.15) is 0 Å². The van der Waals surface area contributed by atoms with Gasteiger partial charge in [-0.05, 0) is 43.9 Å². The van der Waals surface area contributed by atoms with Crippen LogP contribution in [0.25, 0.3) is 11.5 Å². The van der Waals surface area contributed by atoms with E-state index in [9.17, 15) is 4.39 Å². The largest absolute Gasteiger partial charge is 0.358 e. The maximum absolute atomic E-state index is 13.3. The smallest absolute Gasteiger partial charge is 0.180 e. The van der Waals surface area contributed by atoms with E-state index in [0.29, 0.717) is 5.82 Å². The minimum Gasteiger partial charge on any atom is -0.358 e. The Kier molecular flexibility index (Phi) is 6.53. The van der Waals surface area contributed by atoms with Gasteiger partial charge in [0.25, 0.3) is 0 Å². The van der Waals surface area contributed by atoms with Gasteiger partial charge in [0.2, 0.25) is 0 Å². The van der Waals surface area contributed by atoms with Gasteiger partial charge in [-0.3, -0.25) is 9.88 Å². The SMILES string of the molecule is CN(C)CCN(C)c1nc(-c2ccccn2)nc2c1CN(Cc1ccc(F)cc1)CC2. The minimum absolute atomic E-state index is 0.201. The van der Waals surface area contributed by atoms with Gasteiger partial charge < -0.3 is 9.80 Å². The molecule has 0 atom stereocenters. The number of hydrogen-bond acceptors (Lipinski definition) is 6. The molecule has 2 aromatic heterocycles. The summed E-state index contributed by atoms with van der Waals surface area (Å²) in [6, 6.07) is 12.6. The Hall–Kier alpha value is -2.90. The van der Waals surface area contributed by atoms with Crippen molar-refractivity contribution < 1.29 is 4.39 Å². The Morgan fingerprint density at radius 1 is 1.00 bits per heavy atom. The molecule has 1 aliphatic rings. The van der Waals surface area contributed by atoms with E-state index in [4.69, 9.17) is 9.97 Å². The fraction of sp³-hybridized carbons (Fsp3) is 0.375. The van der Waals surface area contributed by atoms with Crippen LogP contribution in [0.4, 0.5) is 10.2 Å². The van der Waals surface area contributed by atoms with Crippen molar-refractivity contribution in [3.63, 3.8) is 0 Å². The molecule has 3 aromatic rings. The molecule has 0 amide bonds. The summed E-state index contributed by atoms with van der Waals surface area (Å²) in [5.74, 6) is 1.45. The minimum atomic E-state index is -0.201. The molecular weight excluding hydrogens is 391 g/mol. The Labute approximate surface area is 183 Å². The van der Waals surface area contributed by atoms with E-state index in [1.165, 1.54) is 17.7 Å².